The summed E-state index contributed by atoms with van der Waals surface area (Å²) in [6, 6.07) is 0. The molecule has 3 amide bonds. The smallest absolute Gasteiger partial charge is 0.308 e. The lowest BCUT2D eigenvalue weighted by Crippen LogP contribution is -2.50. The molecule has 0 radical (unpaired) electrons. The van der Waals surface area contributed by atoms with Crippen molar-refractivity contribution in [2.45, 2.75) is 18.3 Å². The quantitative estimate of drug-likeness (QED) is 0.266. The number of nitrogens with one attached hydrogen (secondary N) is 3. The maximum absolute atomic E-state index is 12.6. The van der Waals surface area contributed by atoms with E-state index in [0.29, 0.717) is 0 Å². The van der Waals surface area contributed by atoms with Gasteiger partial charge in [0.25, 0.3) is 29.0 Å². The molecule has 0 aliphatic carbocycles. The molecule has 0 aliphatic rings. The SMILES string of the molecule is CC(CNC(=O)c1nnc(C(Cl)(Cl)Cl)o1)(CNC(=O)c1nnc(C(Cl)(Cl)Cl)o1)CNC(=O)c1nnc(C(Cl)(Cl)Cl)o1. The van der Waals surface area contributed by atoms with E-state index in [2.05, 4.69) is 46.5 Å². The van der Waals surface area contributed by atoms with E-state index in [9.17, 15) is 14.4 Å². The van der Waals surface area contributed by atoms with Crippen LogP contribution in [0.15, 0.2) is 13.3 Å². The standard InChI is InChI=1S/C17H12Cl9N9O6/c1-14(2-27-5(36)8-30-33-11(39-8)15(18,19)20,3-28-6(37)9-31-34-12(40-9)16(21,22)23)4-29-7(38)10-32-35-13(41-10)17(24,25)26/h2-4H2,1H3,(H,27,36)(H,28,37)(H,29,38). The molecule has 3 rings (SSSR count). The second kappa shape index (κ2) is 13.0. The summed E-state index contributed by atoms with van der Waals surface area (Å²) in [4.78, 5) is 37.8. The van der Waals surface area contributed by atoms with Crippen molar-refractivity contribution in [1.82, 2.24) is 46.5 Å². The monoisotopic (exact) mass is 753 g/mol. The summed E-state index contributed by atoms with van der Waals surface area (Å²) in [5, 5.41) is 28.5. The molecule has 0 unspecified atom stereocenters. The van der Waals surface area contributed by atoms with Crippen molar-refractivity contribution >= 4 is 122 Å². The Labute approximate surface area is 273 Å². The minimum atomic E-state index is -2.07. The maximum atomic E-state index is 12.6. The topological polar surface area (TPSA) is 204 Å². The molecule has 3 aromatic rings. The zero-order chi connectivity index (χ0) is 30.8. The molecule has 0 saturated carbocycles. The van der Waals surface area contributed by atoms with Crippen molar-refractivity contribution in [2.24, 2.45) is 5.41 Å². The van der Waals surface area contributed by atoms with Crippen molar-refractivity contribution in [1.29, 1.82) is 0 Å². The van der Waals surface area contributed by atoms with Crippen LogP contribution in [-0.4, -0.2) is 67.9 Å². The van der Waals surface area contributed by atoms with Crippen molar-refractivity contribution in [3.63, 3.8) is 0 Å². The van der Waals surface area contributed by atoms with E-state index in [4.69, 9.17) is 118 Å². The van der Waals surface area contributed by atoms with Gasteiger partial charge in [-0.1, -0.05) is 111 Å². The Morgan fingerprint density at radius 2 is 0.780 bits per heavy atom. The van der Waals surface area contributed by atoms with Crippen LogP contribution in [-0.2, 0) is 11.4 Å². The highest BCUT2D eigenvalue weighted by Gasteiger charge is 2.35. The predicted molar refractivity (Wildman–Crippen MR) is 146 cm³/mol. The third kappa shape index (κ3) is 9.46. The Kier molecular flexibility index (Phi) is 10.7. The largest absolute Gasteiger partial charge is 0.412 e. The predicted octanol–water partition coefficient (Wildman–Crippen LogP) is 3.91. The first kappa shape index (κ1) is 33.9. The molecule has 15 nitrogen and oxygen atoms in total. The molecule has 0 spiro atoms. The Bertz CT molecular complexity index is 1240. The highest BCUT2D eigenvalue weighted by atomic mass is 35.6. The first-order valence-electron chi connectivity index (χ1n) is 10.4. The summed E-state index contributed by atoms with van der Waals surface area (Å²) in [6.07, 6.45) is 0. The second-order valence-corrected chi connectivity index (χ2v) is 14.9. The van der Waals surface area contributed by atoms with Gasteiger partial charge in [-0.3, -0.25) is 14.4 Å². The van der Waals surface area contributed by atoms with Crippen LogP contribution in [0.2, 0.25) is 0 Å². The molecule has 0 saturated heterocycles. The second-order valence-electron chi connectivity index (χ2n) is 8.09. The number of carbonyl (C=O) groups excluding carboxylic acids is 3. The van der Waals surface area contributed by atoms with Gasteiger partial charge < -0.3 is 29.2 Å². The number of halogens is 9. The van der Waals surface area contributed by atoms with Crippen molar-refractivity contribution < 1.29 is 27.6 Å². The fourth-order valence-electron chi connectivity index (χ4n) is 2.58. The molecule has 0 atom stereocenters. The van der Waals surface area contributed by atoms with Crippen LogP contribution < -0.4 is 16.0 Å². The number of nitrogens with zero attached hydrogens (tertiary/aromatic N) is 6. The molecule has 0 aromatic carbocycles. The number of hydrogen-bond donors (Lipinski definition) is 3. The van der Waals surface area contributed by atoms with E-state index in [1.54, 1.807) is 6.92 Å². The number of rotatable bonds is 9. The molecule has 0 bridgehead atoms. The Balaban J connectivity index is 1.72. The summed E-state index contributed by atoms with van der Waals surface area (Å²) in [5.74, 6) is -5.53. The Hall–Kier alpha value is -1.56. The van der Waals surface area contributed by atoms with Gasteiger partial charge in [0, 0.05) is 25.0 Å². The van der Waals surface area contributed by atoms with Gasteiger partial charge in [0.05, 0.1) is 0 Å². The first-order chi connectivity index (χ1) is 18.8. The molecule has 3 aromatic heterocycles. The maximum Gasteiger partial charge on any atom is 0.308 e. The third-order valence-corrected chi connectivity index (χ3v) is 6.07. The van der Waals surface area contributed by atoms with E-state index < -0.39 is 69.9 Å². The highest BCUT2D eigenvalue weighted by Crippen LogP contribution is 2.38. The highest BCUT2D eigenvalue weighted by molar-refractivity contribution is 6.67. The molecule has 3 N–H and O–H groups in total. The third-order valence-electron chi connectivity index (χ3n) is 4.61. The molecule has 24 heteroatoms. The van der Waals surface area contributed by atoms with E-state index in [0.717, 1.165) is 0 Å². The normalized spacial score (nSPS) is 12.7. The van der Waals surface area contributed by atoms with E-state index in [1.807, 2.05) is 0 Å². The lowest BCUT2D eigenvalue weighted by Gasteiger charge is -2.29. The van der Waals surface area contributed by atoms with Crippen molar-refractivity contribution in [2.75, 3.05) is 19.6 Å². The molecule has 0 fully saturated rings. The average molecular weight is 757 g/mol. The molecule has 0 aliphatic heterocycles. The molecular weight excluding hydrogens is 745 g/mol. The van der Waals surface area contributed by atoms with Crippen molar-refractivity contribution in [3.8, 4) is 0 Å². The molecule has 224 valence electrons. The number of alkyl halides is 9. The summed E-state index contributed by atoms with van der Waals surface area (Å²) in [6.45, 7) is 0.911. The number of amides is 3. The van der Waals surface area contributed by atoms with Crippen LogP contribution in [0.1, 0.15) is 56.7 Å². The average Bonchev–Trinajstić information content (AvgIpc) is 3.63. The van der Waals surface area contributed by atoms with Crippen LogP contribution in [0.25, 0.3) is 0 Å². The van der Waals surface area contributed by atoms with Gasteiger partial charge in [-0.25, -0.2) is 0 Å². The number of carbonyl (C=O) groups is 3. The van der Waals surface area contributed by atoms with Gasteiger partial charge in [-0.05, 0) is 0 Å². The van der Waals surface area contributed by atoms with E-state index in [-0.39, 0.29) is 19.6 Å². The van der Waals surface area contributed by atoms with Gasteiger partial charge in [0.2, 0.25) is 0 Å². The van der Waals surface area contributed by atoms with E-state index >= 15 is 0 Å². The number of hydrogen-bond acceptors (Lipinski definition) is 12. The number of aromatic nitrogens is 6. The zero-order valence-corrected chi connectivity index (χ0v) is 26.5. The Morgan fingerprint density at radius 3 is 0.976 bits per heavy atom. The molecule has 3 heterocycles. The fraction of sp³-hybridized carbons (Fsp3) is 0.471. The minimum Gasteiger partial charge on any atom is -0.412 e. The van der Waals surface area contributed by atoms with Gasteiger partial charge in [0.15, 0.2) is 0 Å². The van der Waals surface area contributed by atoms with Crippen LogP contribution in [0.4, 0.5) is 0 Å². The Morgan fingerprint density at radius 1 is 0.537 bits per heavy atom. The van der Waals surface area contributed by atoms with Crippen LogP contribution >= 0.6 is 104 Å². The molecule has 41 heavy (non-hydrogen) atoms. The van der Waals surface area contributed by atoms with Crippen molar-refractivity contribution in [3.05, 3.63) is 35.3 Å². The van der Waals surface area contributed by atoms with Crippen LogP contribution in [0.3, 0.4) is 0 Å². The lowest BCUT2D eigenvalue weighted by atomic mass is 9.90. The molecular formula is C17H12Cl9N9O6. The fourth-order valence-corrected chi connectivity index (χ4v) is 3.27. The van der Waals surface area contributed by atoms with Crippen LogP contribution in [0.5, 0.6) is 0 Å². The van der Waals surface area contributed by atoms with Gasteiger partial charge >= 0.3 is 35.4 Å². The lowest BCUT2D eigenvalue weighted by molar-refractivity contribution is 0.0856. The summed E-state index contributed by atoms with van der Waals surface area (Å²) in [7, 11) is 0. The first-order valence-corrected chi connectivity index (χ1v) is 13.8. The van der Waals surface area contributed by atoms with Crippen LogP contribution in [0, 0.1) is 5.41 Å². The summed E-state index contributed by atoms with van der Waals surface area (Å²) in [5.41, 5.74) is -1.14. The van der Waals surface area contributed by atoms with E-state index in [1.165, 1.54) is 0 Å². The summed E-state index contributed by atoms with van der Waals surface area (Å²) < 4.78 is 8.97. The minimum absolute atomic E-state index is 0.218. The van der Waals surface area contributed by atoms with Gasteiger partial charge in [0.1, 0.15) is 0 Å². The van der Waals surface area contributed by atoms with Gasteiger partial charge in [-0.15, -0.1) is 30.6 Å². The summed E-state index contributed by atoms with van der Waals surface area (Å²) >= 11 is 51.0. The zero-order valence-electron chi connectivity index (χ0n) is 19.7. The van der Waals surface area contributed by atoms with Gasteiger partial charge in [-0.2, -0.15) is 0 Å².